The summed E-state index contributed by atoms with van der Waals surface area (Å²) in [6.45, 7) is 8.19. The molecule has 1 amide bonds. The summed E-state index contributed by atoms with van der Waals surface area (Å²) in [5.41, 5.74) is 2.24. The van der Waals surface area contributed by atoms with Gasteiger partial charge < -0.3 is 4.74 Å². The van der Waals surface area contributed by atoms with E-state index in [0.717, 1.165) is 61.5 Å². The van der Waals surface area contributed by atoms with Gasteiger partial charge in [0.15, 0.2) is 15.0 Å². The third-order valence-corrected chi connectivity index (χ3v) is 8.97. The Morgan fingerprint density at radius 3 is 2.62 bits per heavy atom. The lowest BCUT2D eigenvalue weighted by Crippen LogP contribution is -2.39. The molecule has 0 atom stereocenters. The van der Waals surface area contributed by atoms with Gasteiger partial charge in [0, 0.05) is 26.2 Å². The Kier molecular flexibility index (Phi) is 7.98. The van der Waals surface area contributed by atoms with Crippen molar-refractivity contribution in [3.05, 3.63) is 53.6 Å². The number of aromatic nitrogens is 1. The summed E-state index contributed by atoms with van der Waals surface area (Å²) in [5.74, 6) is -0.387. The maximum Gasteiger partial charge on any atom is 0.261 e. The predicted octanol–water partition coefficient (Wildman–Crippen LogP) is 4.02. The zero-order valence-electron chi connectivity index (χ0n) is 19.7. The van der Waals surface area contributed by atoms with Gasteiger partial charge in [0.1, 0.15) is 0 Å². The van der Waals surface area contributed by atoms with Crippen molar-refractivity contribution in [1.82, 2.24) is 9.88 Å². The molecule has 34 heavy (non-hydrogen) atoms. The first-order chi connectivity index (χ1) is 16.4. The molecule has 0 radical (unpaired) electrons. The number of amides is 1. The lowest BCUT2D eigenvalue weighted by molar-refractivity contribution is 0.0376. The van der Waals surface area contributed by atoms with Gasteiger partial charge in [0.05, 0.1) is 39.6 Å². The van der Waals surface area contributed by atoms with Crippen LogP contribution in [0.2, 0.25) is 0 Å². The molecule has 4 rings (SSSR count). The zero-order valence-corrected chi connectivity index (χ0v) is 21.3. The number of hydrogen-bond acceptors (Lipinski definition) is 7. The second-order valence-corrected chi connectivity index (χ2v) is 11.5. The highest BCUT2D eigenvalue weighted by molar-refractivity contribution is 7.91. The lowest BCUT2D eigenvalue weighted by Gasteiger charge is -2.28. The number of morpholine rings is 1. The van der Waals surface area contributed by atoms with E-state index in [0.29, 0.717) is 11.7 Å². The number of thiazole rings is 1. The van der Waals surface area contributed by atoms with Gasteiger partial charge in [0.25, 0.3) is 5.91 Å². The molecular formula is C25H31N3O4S2. The molecule has 0 unspecified atom stereocenters. The fraction of sp³-hybridized carbons (Fsp3) is 0.440. The number of para-hydroxylation sites is 1. The van der Waals surface area contributed by atoms with Crippen LogP contribution in [0.1, 0.15) is 36.2 Å². The SMILES string of the molecule is CCc1cccc2sc(N(CCCN3CCOCC3)C(=O)c3ccccc3S(=O)(=O)CC)nc12. The Bertz CT molecular complexity index is 1250. The Morgan fingerprint density at radius 2 is 1.88 bits per heavy atom. The van der Waals surface area contributed by atoms with Gasteiger partial charge in [-0.15, -0.1) is 0 Å². The molecule has 182 valence electrons. The first kappa shape index (κ1) is 24.8. The van der Waals surface area contributed by atoms with Crippen LogP contribution in [-0.4, -0.2) is 69.4 Å². The van der Waals surface area contributed by atoms with E-state index in [1.807, 2.05) is 12.1 Å². The maximum absolute atomic E-state index is 13.8. The Balaban J connectivity index is 1.69. The average molecular weight is 502 g/mol. The largest absolute Gasteiger partial charge is 0.379 e. The number of ether oxygens (including phenoxy) is 1. The van der Waals surface area contributed by atoms with Gasteiger partial charge in [-0.1, -0.05) is 49.4 Å². The fourth-order valence-electron chi connectivity index (χ4n) is 4.17. The van der Waals surface area contributed by atoms with Crippen LogP contribution < -0.4 is 4.90 Å². The molecule has 9 heteroatoms. The van der Waals surface area contributed by atoms with Gasteiger partial charge in [0.2, 0.25) is 0 Å². The van der Waals surface area contributed by atoms with E-state index in [2.05, 4.69) is 17.9 Å². The lowest BCUT2D eigenvalue weighted by atomic mass is 10.1. The maximum atomic E-state index is 13.8. The molecule has 1 aromatic heterocycles. The minimum Gasteiger partial charge on any atom is -0.379 e. The van der Waals surface area contributed by atoms with Gasteiger partial charge >= 0.3 is 0 Å². The van der Waals surface area contributed by atoms with Crippen LogP contribution in [0.3, 0.4) is 0 Å². The minimum atomic E-state index is -3.55. The summed E-state index contributed by atoms with van der Waals surface area (Å²) in [7, 11) is -3.55. The van der Waals surface area contributed by atoms with E-state index < -0.39 is 9.84 Å². The van der Waals surface area contributed by atoms with E-state index in [1.165, 1.54) is 17.4 Å². The third-order valence-electron chi connectivity index (χ3n) is 6.14. The fourth-order valence-corrected chi connectivity index (χ4v) is 6.30. The number of carbonyl (C=O) groups is 1. The minimum absolute atomic E-state index is 0.0602. The summed E-state index contributed by atoms with van der Waals surface area (Å²) in [6.07, 6.45) is 1.61. The summed E-state index contributed by atoms with van der Waals surface area (Å²) >= 11 is 1.47. The standard InChI is InChI=1S/C25H31N3O4S2/c1-3-19-9-7-11-21-23(19)26-25(33-21)28(14-8-13-27-15-17-32-18-16-27)24(29)20-10-5-6-12-22(20)34(30,31)4-2/h5-7,9-12H,3-4,8,13-18H2,1-2H3. The van der Waals surface area contributed by atoms with Crippen LogP contribution in [0.5, 0.6) is 0 Å². The summed E-state index contributed by atoms with van der Waals surface area (Å²) in [6, 6.07) is 12.6. The second kappa shape index (κ2) is 10.9. The number of rotatable bonds is 9. The number of aryl methyl sites for hydroxylation is 1. The van der Waals surface area contributed by atoms with Crippen molar-refractivity contribution >= 4 is 42.4 Å². The van der Waals surface area contributed by atoms with Gasteiger partial charge in [-0.05, 0) is 36.6 Å². The highest BCUT2D eigenvalue weighted by Gasteiger charge is 2.27. The van der Waals surface area contributed by atoms with Crippen LogP contribution in [0.25, 0.3) is 10.2 Å². The quantitative estimate of drug-likeness (QED) is 0.441. The topological polar surface area (TPSA) is 79.8 Å². The van der Waals surface area contributed by atoms with Crippen molar-refractivity contribution in [2.45, 2.75) is 31.6 Å². The average Bonchev–Trinajstić information content (AvgIpc) is 3.31. The molecule has 0 aliphatic carbocycles. The molecule has 7 nitrogen and oxygen atoms in total. The van der Waals surface area contributed by atoms with E-state index in [-0.39, 0.29) is 22.1 Å². The Morgan fingerprint density at radius 1 is 1.12 bits per heavy atom. The Labute approximate surface area is 205 Å². The van der Waals surface area contributed by atoms with Crippen molar-refractivity contribution in [2.24, 2.45) is 0 Å². The number of hydrogen-bond donors (Lipinski definition) is 0. The van der Waals surface area contributed by atoms with Crippen LogP contribution in [0.4, 0.5) is 5.13 Å². The number of sulfone groups is 1. The van der Waals surface area contributed by atoms with E-state index >= 15 is 0 Å². The van der Waals surface area contributed by atoms with Gasteiger partial charge in [-0.3, -0.25) is 14.6 Å². The highest BCUT2D eigenvalue weighted by atomic mass is 32.2. The van der Waals surface area contributed by atoms with E-state index in [1.54, 1.807) is 30.0 Å². The first-order valence-electron chi connectivity index (χ1n) is 11.8. The van der Waals surface area contributed by atoms with E-state index in [9.17, 15) is 13.2 Å². The predicted molar refractivity (Wildman–Crippen MR) is 137 cm³/mol. The molecule has 2 aromatic carbocycles. The molecule has 1 aliphatic rings. The van der Waals surface area contributed by atoms with Gasteiger partial charge in [-0.25, -0.2) is 13.4 Å². The molecule has 1 aliphatic heterocycles. The molecule has 2 heterocycles. The van der Waals surface area contributed by atoms with Crippen LogP contribution in [-0.2, 0) is 21.0 Å². The third kappa shape index (κ3) is 5.33. The van der Waals surface area contributed by atoms with Gasteiger partial charge in [-0.2, -0.15) is 0 Å². The van der Waals surface area contributed by atoms with Crippen molar-refractivity contribution in [3.63, 3.8) is 0 Å². The summed E-state index contributed by atoms with van der Waals surface area (Å²) < 4.78 is 31.9. The number of anilines is 1. The molecule has 3 aromatic rings. The second-order valence-electron chi connectivity index (χ2n) is 8.28. The molecule has 0 N–H and O–H groups in total. The normalized spacial score (nSPS) is 15.0. The molecule has 1 saturated heterocycles. The summed E-state index contributed by atoms with van der Waals surface area (Å²) in [5, 5.41) is 0.603. The molecule has 0 spiro atoms. The number of nitrogens with zero attached hydrogens (tertiary/aromatic N) is 3. The molecule has 0 bridgehead atoms. The highest BCUT2D eigenvalue weighted by Crippen LogP contribution is 2.32. The monoisotopic (exact) mass is 501 g/mol. The molecule has 0 saturated carbocycles. The summed E-state index contributed by atoms with van der Waals surface area (Å²) in [4.78, 5) is 22.8. The van der Waals surface area contributed by atoms with Crippen molar-refractivity contribution in [3.8, 4) is 0 Å². The van der Waals surface area contributed by atoms with Crippen LogP contribution >= 0.6 is 11.3 Å². The van der Waals surface area contributed by atoms with Crippen molar-refractivity contribution in [2.75, 3.05) is 50.0 Å². The number of benzene rings is 2. The van der Waals surface area contributed by atoms with Crippen molar-refractivity contribution in [1.29, 1.82) is 0 Å². The smallest absolute Gasteiger partial charge is 0.261 e. The molecule has 1 fully saturated rings. The van der Waals surface area contributed by atoms with Crippen molar-refractivity contribution < 1.29 is 17.9 Å². The number of carbonyl (C=O) groups excluding carboxylic acids is 1. The number of fused-ring (bicyclic) bond motifs is 1. The Hall–Kier alpha value is -2.33. The first-order valence-corrected chi connectivity index (χ1v) is 14.2. The molecular weight excluding hydrogens is 470 g/mol. The van der Waals surface area contributed by atoms with Crippen LogP contribution in [0, 0.1) is 0 Å². The van der Waals surface area contributed by atoms with Crippen LogP contribution in [0.15, 0.2) is 47.4 Å². The van der Waals surface area contributed by atoms with E-state index in [4.69, 9.17) is 9.72 Å². The zero-order chi connectivity index (χ0) is 24.1.